The molecule has 1 aromatic heterocycles. The maximum absolute atomic E-state index is 12.4. The van der Waals surface area contributed by atoms with E-state index in [-0.39, 0.29) is 5.56 Å². The molecule has 128 valence electrons. The first-order valence-corrected chi connectivity index (χ1v) is 8.96. The molecule has 4 nitrogen and oxygen atoms in total. The molecule has 0 saturated heterocycles. The summed E-state index contributed by atoms with van der Waals surface area (Å²) in [6.45, 7) is 0.433. The number of halogens is 1. The van der Waals surface area contributed by atoms with Crippen molar-refractivity contribution in [3.05, 3.63) is 93.2 Å². The van der Waals surface area contributed by atoms with Crippen LogP contribution in [-0.2, 0) is 6.61 Å². The Morgan fingerprint density at radius 3 is 2.58 bits per heavy atom. The van der Waals surface area contributed by atoms with Crippen molar-refractivity contribution in [3.8, 4) is 17.1 Å². The molecule has 5 heteroatoms. The average Bonchev–Trinajstić information content (AvgIpc) is 2.67. The topological polar surface area (TPSA) is 55.0 Å². The number of para-hydroxylation sites is 1. The Balaban J connectivity index is 1.76. The molecule has 0 bridgehead atoms. The second-order valence-electron chi connectivity index (χ2n) is 5.85. The van der Waals surface area contributed by atoms with E-state index in [4.69, 9.17) is 4.74 Å². The third-order valence-corrected chi connectivity index (χ3v) is 4.54. The van der Waals surface area contributed by atoms with Crippen LogP contribution in [0.15, 0.2) is 82.1 Å². The van der Waals surface area contributed by atoms with Crippen LogP contribution in [0, 0.1) is 0 Å². The number of hydrogen-bond acceptors (Lipinski definition) is 3. The Morgan fingerprint density at radius 2 is 1.73 bits per heavy atom. The molecule has 0 unspecified atom stereocenters. The number of rotatable bonds is 4. The summed E-state index contributed by atoms with van der Waals surface area (Å²) >= 11 is 3.48. The third kappa shape index (κ3) is 3.39. The molecule has 0 spiro atoms. The van der Waals surface area contributed by atoms with E-state index >= 15 is 0 Å². The van der Waals surface area contributed by atoms with E-state index in [0.29, 0.717) is 29.1 Å². The summed E-state index contributed by atoms with van der Waals surface area (Å²) in [6.07, 6.45) is 0. The van der Waals surface area contributed by atoms with Gasteiger partial charge in [0.2, 0.25) is 0 Å². The van der Waals surface area contributed by atoms with Crippen LogP contribution < -0.4 is 10.3 Å². The lowest BCUT2D eigenvalue weighted by atomic mass is 10.1. The molecule has 0 saturated carbocycles. The van der Waals surface area contributed by atoms with Crippen molar-refractivity contribution in [3.63, 3.8) is 0 Å². The number of aromatic amines is 1. The Hall–Kier alpha value is -2.92. The van der Waals surface area contributed by atoms with Gasteiger partial charge < -0.3 is 9.72 Å². The highest BCUT2D eigenvalue weighted by molar-refractivity contribution is 9.10. The van der Waals surface area contributed by atoms with Crippen LogP contribution in [0.3, 0.4) is 0 Å². The van der Waals surface area contributed by atoms with Gasteiger partial charge in [-0.2, -0.15) is 0 Å². The van der Waals surface area contributed by atoms with Gasteiger partial charge in [-0.15, -0.1) is 0 Å². The van der Waals surface area contributed by atoms with Crippen LogP contribution in [0.25, 0.3) is 22.3 Å². The molecule has 0 radical (unpaired) electrons. The van der Waals surface area contributed by atoms with Gasteiger partial charge in [-0.3, -0.25) is 4.79 Å². The van der Waals surface area contributed by atoms with Gasteiger partial charge in [0.05, 0.1) is 16.5 Å². The highest BCUT2D eigenvalue weighted by Crippen LogP contribution is 2.31. The van der Waals surface area contributed by atoms with Crippen molar-refractivity contribution in [1.29, 1.82) is 0 Å². The summed E-state index contributed by atoms with van der Waals surface area (Å²) in [7, 11) is 0. The van der Waals surface area contributed by atoms with Crippen molar-refractivity contribution < 1.29 is 4.74 Å². The van der Waals surface area contributed by atoms with Crippen molar-refractivity contribution >= 4 is 26.8 Å². The van der Waals surface area contributed by atoms with E-state index in [0.717, 1.165) is 15.6 Å². The van der Waals surface area contributed by atoms with Gasteiger partial charge in [-0.25, -0.2) is 4.98 Å². The maximum Gasteiger partial charge on any atom is 0.259 e. The first-order valence-electron chi connectivity index (χ1n) is 8.16. The Morgan fingerprint density at radius 1 is 0.962 bits per heavy atom. The zero-order valence-corrected chi connectivity index (χ0v) is 15.4. The molecule has 26 heavy (non-hydrogen) atoms. The molecule has 1 N–H and O–H groups in total. The van der Waals surface area contributed by atoms with Gasteiger partial charge in [-0.1, -0.05) is 58.4 Å². The van der Waals surface area contributed by atoms with Crippen LogP contribution in [0.1, 0.15) is 5.56 Å². The number of aromatic nitrogens is 2. The molecule has 4 rings (SSSR count). The minimum atomic E-state index is -0.164. The van der Waals surface area contributed by atoms with Crippen LogP contribution in [-0.4, -0.2) is 9.97 Å². The van der Waals surface area contributed by atoms with E-state index in [1.165, 1.54) is 0 Å². The highest BCUT2D eigenvalue weighted by Gasteiger charge is 2.12. The molecular weight excluding hydrogens is 392 g/mol. The summed E-state index contributed by atoms with van der Waals surface area (Å²) in [5.41, 5.74) is 2.30. The second kappa shape index (κ2) is 7.14. The molecule has 0 aliphatic heterocycles. The first-order chi connectivity index (χ1) is 12.7. The smallest absolute Gasteiger partial charge is 0.259 e. The van der Waals surface area contributed by atoms with E-state index in [9.17, 15) is 4.79 Å². The average molecular weight is 407 g/mol. The molecule has 0 aliphatic rings. The molecular formula is C21H15BrN2O2. The lowest BCUT2D eigenvalue weighted by Gasteiger charge is -2.12. The standard InChI is InChI=1S/C21H15BrN2O2/c22-15-10-11-17(19(12-15)26-13-14-6-2-1-3-7-14)20-23-18-9-5-4-8-16(18)21(25)24-20/h1-12H,13H2,(H,23,24,25). The Labute approximate surface area is 158 Å². The summed E-state index contributed by atoms with van der Waals surface area (Å²) in [5, 5.41) is 0.570. The Kier molecular flexibility index (Phi) is 4.54. The quantitative estimate of drug-likeness (QED) is 0.522. The Bertz CT molecular complexity index is 1120. The molecule has 0 amide bonds. The monoisotopic (exact) mass is 406 g/mol. The zero-order valence-electron chi connectivity index (χ0n) is 13.8. The number of benzene rings is 3. The van der Waals surface area contributed by atoms with Crippen LogP contribution >= 0.6 is 15.9 Å². The van der Waals surface area contributed by atoms with Crippen LogP contribution in [0.2, 0.25) is 0 Å². The van der Waals surface area contributed by atoms with Crippen LogP contribution in [0.4, 0.5) is 0 Å². The molecule has 3 aromatic carbocycles. The van der Waals surface area contributed by atoms with Gasteiger partial charge in [0.15, 0.2) is 0 Å². The van der Waals surface area contributed by atoms with E-state index in [1.807, 2.05) is 66.7 Å². The maximum atomic E-state index is 12.4. The lowest BCUT2D eigenvalue weighted by Crippen LogP contribution is -2.10. The minimum Gasteiger partial charge on any atom is -0.488 e. The SMILES string of the molecule is O=c1[nH]c(-c2ccc(Br)cc2OCc2ccccc2)nc2ccccc12. The molecule has 0 atom stereocenters. The normalized spacial score (nSPS) is 10.8. The minimum absolute atomic E-state index is 0.164. The fourth-order valence-electron chi connectivity index (χ4n) is 2.76. The van der Waals surface area contributed by atoms with Gasteiger partial charge in [-0.05, 0) is 35.9 Å². The number of ether oxygens (including phenoxy) is 1. The summed E-state index contributed by atoms with van der Waals surface area (Å²) in [6, 6.07) is 22.9. The largest absolute Gasteiger partial charge is 0.488 e. The zero-order chi connectivity index (χ0) is 17.9. The number of fused-ring (bicyclic) bond motifs is 1. The fraction of sp³-hybridized carbons (Fsp3) is 0.0476. The summed E-state index contributed by atoms with van der Waals surface area (Å²) in [5.74, 6) is 1.14. The first kappa shape index (κ1) is 16.5. The van der Waals surface area contributed by atoms with Gasteiger partial charge in [0.25, 0.3) is 5.56 Å². The number of hydrogen-bond donors (Lipinski definition) is 1. The number of nitrogens with one attached hydrogen (secondary N) is 1. The van der Waals surface area contributed by atoms with Crippen molar-refractivity contribution in [1.82, 2.24) is 9.97 Å². The summed E-state index contributed by atoms with van der Waals surface area (Å²) < 4.78 is 6.91. The predicted molar refractivity (Wildman–Crippen MR) is 106 cm³/mol. The molecule has 0 aliphatic carbocycles. The van der Waals surface area contributed by atoms with E-state index in [2.05, 4.69) is 25.9 Å². The molecule has 0 fully saturated rings. The number of H-pyrrole nitrogens is 1. The predicted octanol–water partition coefficient (Wildman–Crippen LogP) is 4.93. The third-order valence-electron chi connectivity index (χ3n) is 4.05. The highest BCUT2D eigenvalue weighted by atomic mass is 79.9. The van der Waals surface area contributed by atoms with Gasteiger partial charge in [0, 0.05) is 4.47 Å². The van der Waals surface area contributed by atoms with Crippen LogP contribution in [0.5, 0.6) is 5.75 Å². The van der Waals surface area contributed by atoms with Crippen molar-refractivity contribution in [2.75, 3.05) is 0 Å². The number of nitrogens with zero attached hydrogens (tertiary/aromatic N) is 1. The van der Waals surface area contributed by atoms with Crippen molar-refractivity contribution in [2.45, 2.75) is 6.61 Å². The lowest BCUT2D eigenvalue weighted by molar-refractivity contribution is 0.307. The fourth-order valence-corrected chi connectivity index (χ4v) is 3.10. The van der Waals surface area contributed by atoms with Gasteiger partial charge >= 0.3 is 0 Å². The van der Waals surface area contributed by atoms with E-state index < -0.39 is 0 Å². The van der Waals surface area contributed by atoms with Gasteiger partial charge in [0.1, 0.15) is 18.2 Å². The van der Waals surface area contributed by atoms with Crippen molar-refractivity contribution in [2.24, 2.45) is 0 Å². The molecule has 1 heterocycles. The summed E-state index contributed by atoms with van der Waals surface area (Å²) in [4.78, 5) is 19.8. The molecule has 4 aromatic rings. The second-order valence-corrected chi connectivity index (χ2v) is 6.76. The van der Waals surface area contributed by atoms with E-state index in [1.54, 1.807) is 6.07 Å².